The van der Waals surface area contributed by atoms with E-state index in [1.54, 1.807) is 27.0 Å². The highest BCUT2D eigenvalue weighted by Crippen LogP contribution is 2.24. The van der Waals surface area contributed by atoms with Crippen LogP contribution in [-0.2, 0) is 9.59 Å². The smallest absolute Gasteiger partial charge is 0.243 e. The van der Waals surface area contributed by atoms with E-state index in [4.69, 9.17) is 4.74 Å². The van der Waals surface area contributed by atoms with Gasteiger partial charge in [0.25, 0.3) is 0 Å². The SMILES string of the molecule is COc1ccc(C)cc1NC(=O)CNC(=O)C(C)C. The third-order valence-corrected chi connectivity index (χ3v) is 2.58. The molecular formula is C14H20N2O3. The Hall–Kier alpha value is -2.04. The second-order valence-corrected chi connectivity index (χ2v) is 4.62. The van der Waals surface area contributed by atoms with Gasteiger partial charge in [0.2, 0.25) is 11.8 Å². The van der Waals surface area contributed by atoms with Gasteiger partial charge in [-0.15, -0.1) is 0 Å². The second-order valence-electron chi connectivity index (χ2n) is 4.62. The fourth-order valence-electron chi connectivity index (χ4n) is 1.49. The number of rotatable bonds is 5. The summed E-state index contributed by atoms with van der Waals surface area (Å²) >= 11 is 0. The molecule has 0 atom stereocenters. The van der Waals surface area contributed by atoms with Gasteiger partial charge in [-0.2, -0.15) is 0 Å². The van der Waals surface area contributed by atoms with Crippen LogP contribution in [-0.4, -0.2) is 25.5 Å². The van der Waals surface area contributed by atoms with E-state index in [9.17, 15) is 9.59 Å². The molecule has 0 heterocycles. The molecule has 0 aromatic heterocycles. The van der Waals surface area contributed by atoms with Crippen LogP contribution in [0.4, 0.5) is 5.69 Å². The van der Waals surface area contributed by atoms with Gasteiger partial charge < -0.3 is 15.4 Å². The van der Waals surface area contributed by atoms with E-state index < -0.39 is 0 Å². The number of anilines is 1. The van der Waals surface area contributed by atoms with Crippen molar-refractivity contribution in [1.29, 1.82) is 0 Å². The van der Waals surface area contributed by atoms with Gasteiger partial charge in [-0.1, -0.05) is 19.9 Å². The molecule has 0 saturated heterocycles. The van der Waals surface area contributed by atoms with Crippen molar-refractivity contribution in [2.24, 2.45) is 5.92 Å². The first-order valence-corrected chi connectivity index (χ1v) is 6.16. The van der Waals surface area contributed by atoms with Crippen molar-refractivity contribution in [2.45, 2.75) is 20.8 Å². The zero-order valence-electron chi connectivity index (χ0n) is 11.7. The first kappa shape index (κ1) is 15.0. The quantitative estimate of drug-likeness (QED) is 0.850. The zero-order chi connectivity index (χ0) is 14.4. The summed E-state index contributed by atoms with van der Waals surface area (Å²) in [5.41, 5.74) is 1.62. The molecule has 5 nitrogen and oxygen atoms in total. The van der Waals surface area contributed by atoms with E-state index in [0.717, 1.165) is 5.56 Å². The molecule has 0 aliphatic rings. The minimum atomic E-state index is -0.280. The molecule has 0 aliphatic carbocycles. The number of ether oxygens (including phenoxy) is 1. The van der Waals surface area contributed by atoms with Crippen LogP contribution in [0.1, 0.15) is 19.4 Å². The maximum Gasteiger partial charge on any atom is 0.243 e. The van der Waals surface area contributed by atoms with Gasteiger partial charge in [0.15, 0.2) is 0 Å². The van der Waals surface area contributed by atoms with Crippen LogP contribution >= 0.6 is 0 Å². The van der Waals surface area contributed by atoms with E-state index in [1.807, 2.05) is 19.1 Å². The van der Waals surface area contributed by atoms with Crippen LogP contribution in [0, 0.1) is 12.8 Å². The summed E-state index contributed by atoms with van der Waals surface area (Å²) in [5, 5.41) is 5.28. The van der Waals surface area contributed by atoms with Gasteiger partial charge >= 0.3 is 0 Å². The number of carbonyl (C=O) groups is 2. The Labute approximate surface area is 113 Å². The topological polar surface area (TPSA) is 67.4 Å². The number of aryl methyl sites for hydroxylation is 1. The number of nitrogens with one attached hydrogen (secondary N) is 2. The van der Waals surface area contributed by atoms with Gasteiger partial charge in [0.1, 0.15) is 5.75 Å². The molecule has 0 saturated carbocycles. The maximum absolute atomic E-state index is 11.7. The molecule has 0 aliphatic heterocycles. The van der Waals surface area contributed by atoms with Crippen LogP contribution < -0.4 is 15.4 Å². The number of hydrogen-bond donors (Lipinski definition) is 2. The van der Waals surface area contributed by atoms with Crippen molar-refractivity contribution in [2.75, 3.05) is 19.0 Å². The van der Waals surface area contributed by atoms with Gasteiger partial charge in [-0.25, -0.2) is 0 Å². The number of carbonyl (C=O) groups excluding carboxylic acids is 2. The van der Waals surface area contributed by atoms with Gasteiger partial charge in [0.05, 0.1) is 19.3 Å². The van der Waals surface area contributed by atoms with Crippen LogP contribution in [0.2, 0.25) is 0 Å². The molecule has 104 valence electrons. The molecule has 2 amide bonds. The fraction of sp³-hybridized carbons (Fsp3) is 0.429. The molecule has 1 rings (SSSR count). The second kappa shape index (κ2) is 6.78. The highest BCUT2D eigenvalue weighted by atomic mass is 16.5. The molecular weight excluding hydrogens is 244 g/mol. The molecule has 0 unspecified atom stereocenters. The third-order valence-electron chi connectivity index (χ3n) is 2.58. The monoisotopic (exact) mass is 264 g/mol. The van der Waals surface area contributed by atoms with Crippen LogP contribution in [0.3, 0.4) is 0 Å². The molecule has 0 bridgehead atoms. The van der Waals surface area contributed by atoms with Crippen molar-refractivity contribution in [3.05, 3.63) is 23.8 Å². The molecule has 1 aromatic carbocycles. The standard InChI is InChI=1S/C14H20N2O3/c1-9(2)14(18)15-8-13(17)16-11-7-10(3)5-6-12(11)19-4/h5-7,9H,8H2,1-4H3,(H,15,18)(H,16,17). The molecule has 5 heteroatoms. The summed E-state index contributed by atoms with van der Waals surface area (Å²) in [6.07, 6.45) is 0. The van der Waals surface area contributed by atoms with Gasteiger partial charge in [-0.05, 0) is 24.6 Å². The van der Waals surface area contributed by atoms with Gasteiger partial charge in [-0.3, -0.25) is 9.59 Å². The van der Waals surface area contributed by atoms with Crippen molar-refractivity contribution in [1.82, 2.24) is 5.32 Å². The van der Waals surface area contributed by atoms with Gasteiger partial charge in [0, 0.05) is 5.92 Å². The highest BCUT2D eigenvalue weighted by Gasteiger charge is 2.11. The lowest BCUT2D eigenvalue weighted by Crippen LogP contribution is -2.35. The predicted octanol–water partition coefficient (Wildman–Crippen LogP) is 1.71. The van der Waals surface area contributed by atoms with E-state index in [2.05, 4.69) is 10.6 Å². The zero-order valence-corrected chi connectivity index (χ0v) is 11.7. The van der Waals surface area contributed by atoms with Crippen LogP contribution in [0.5, 0.6) is 5.75 Å². The maximum atomic E-state index is 11.7. The lowest BCUT2D eigenvalue weighted by molar-refractivity contribution is -0.126. The Balaban J connectivity index is 2.62. The van der Waals surface area contributed by atoms with Crippen molar-refractivity contribution < 1.29 is 14.3 Å². The molecule has 0 fully saturated rings. The largest absolute Gasteiger partial charge is 0.495 e. The van der Waals surface area contributed by atoms with Crippen molar-refractivity contribution in [3.63, 3.8) is 0 Å². The lowest BCUT2D eigenvalue weighted by Gasteiger charge is -2.12. The average Bonchev–Trinajstić information content (AvgIpc) is 2.36. The van der Waals surface area contributed by atoms with E-state index in [-0.39, 0.29) is 24.3 Å². The molecule has 0 spiro atoms. The summed E-state index contributed by atoms with van der Waals surface area (Å²) in [4.78, 5) is 23.1. The highest BCUT2D eigenvalue weighted by molar-refractivity contribution is 5.95. The molecule has 19 heavy (non-hydrogen) atoms. The minimum Gasteiger partial charge on any atom is -0.495 e. The fourth-order valence-corrected chi connectivity index (χ4v) is 1.49. The van der Waals surface area contributed by atoms with E-state index in [1.165, 1.54) is 0 Å². The summed E-state index contributed by atoms with van der Waals surface area (Å²) < 4.78 is 5.16. The minimum absolute atomic E-state index is 0.0475. The normalized spacial score (nSPS) is 10.2. The van der Waals surface area contributed by atoms with Crippen molar-refractivity contribution >= 4 is 17.5 Å². The van der Waals surface area contributed by atoms with Crippen molar-refractivity contribution in [3.8, 4) is 5.75 Å². The Bertz CT molecular complexity index is 470. The summed E-state index contributed by atoms with van der Waals surface area (Å²) in [6.45, 7) is 5.43. The average molecular weight is 264 g/mol. The number of benzene rings is 1. The number of methoxy groups -OCH3 is 1. The van der Waals surface area contributed by atoms with E-state index >= 15 is 0 Å². The lowest BCUT2D eigenvalue weighted by atomic mass is 10.2. The summed E-state index contributed by atoms with van der Waals surface area (Å²) in [6, 6.07) is 5.51. The summed E-state index contributed by atoms with van der Waals surface area (Å²) in [5.74, 6) is 0.0275. The van der Waals surface area contributed by atoms with Crippen LogP contribution in [0.25, 0.3) is 0 Å². The Morgan fingerprint density at radius 2 is 2.00 bits per heavy atom. The third kappa shape index (κ3) is 4.62. The Kier molecular flexibility index (Phi) is 5.36. The molecule has 1 aromatic rings. The summed E-state index contributed by atoms with van der Waals surface area (Å²) in [7, 11) is 1.54. The number of hydrogen-bond acceptors (Lipinski definition) is 3. The number of amides is 2. The predicted molar refractivity (Wildman–Crippen MR) is 74.2 cm³/mol. The van der Waals surface area contributed by atoms with E-state index in [0.29, 0.717) is 11.4 Å². The molecule has 2 N–H and O–H groups in total. The first-order chi connectivity index (χ1) is 8.93. The Morgan fingerprint density at radius 3 is 2.58 bits per heavy atom. The first-order valence-electron chi connectivity index (χ1n) is 6.16. The molecule has 0 radical (unpaired) electrons. The van der Waals surface area contributed by atoms with Crippen LogP contribution in [0.15, 0.2) is 18.2 Å². The Morgan fingerprint density at radius 1 is 1.32 bits per heavy atom.